The summed E-state index contributed by atoms with van der Waals surface area (Å²) < 4.78 is 0. The van der Waals surface area contributed by atoms with Crippen molar-refractivity contribution in [2.24, 2.45) is 0 Å². The number of anilines is 4. The first-order valence-corrected chi connectivity index (χ1v) is 28.3. The molecule has 4 aromatic carbocycles. The van der Waals surface area contributed by atoms with Crippen molar-refractivity contribution < 1.29 is 19.2 Å². The number of para-hydroxylation sites is 4. The van der Waals surface area contributed by atoms with Gasteiger partial charge in [0.2, 0.25) is 0 Å². The van der Waals surface area contributed by atoms with E-state index in [0.717, 1.165) is 0 Å². The van der Waals surface area contributed by atoms with Crippen molar-refractivity contribution >= 4 is 92.7 Å². The molecule has 0 unspecified atom stereocenters. The van der Waals surface area contributed by atoms with Crippen molar-refractivity contribution in [3.63, 3.8) is 0 Å². The van der Waals surface area contributed by atoms with Crippen LogP contribution in [0.2, 0.25) is 0 Å². The van der Waals surface area contributed by atoms with Crippen LogP contribution < -0.4 is 19.6 Å². The standard InChI is InChI=1S/C72H54N12O4/c1-81(69(85)45-17-13-37-73-41-45)61-25-9-5-21-49(61)65-53-29-31-55(77-53)66(50-22-6-10-26-62(50)82(2)70(86)46-18-14-38-74-42-46)57-33-35-59(79-57)68(52-24-8-12-28-64(52)84(4)72(88)48-20-16-40-76-44-48)60-36-34-58(80-60)67(56-32-30-54(65)78-56)51-23-7-11-27-63(51)83(3)71(87)47-19-15-39-75-43-47/h5-44,77,80H,1-4H3. The number of fused-ring (bicyclic) bond motifs is 8. The first-order valence-electron chi connectivity index (χ1n) is 28.3. The second kappa shape index (κ2) is 23.5. The van der Waals surface area contributed by atoms with Crippen LogP contribution in [0.1, 0.15) is 64.2 Å². The quantitative estimate of drug-likeness (QED) is 0.119. The lowest BCUT2D eigenvalue weighted by atomic mass is 10.0. The largest absolute Gasteiger partial charge is 0.354 e. The van der Waals surface area contributed by atoms with Gasteiger partial charge in [0.25, 0.3) is 23.6 Å². The van der Waals surface area contributed by atoms with Crippen molar-refractivity contribution in [1.82, 2.24) is 39.9 Å². The molecule has 13 rings (SSSR count). The van der Waals surface area contributed by atoms with Crippen LogP contribution >= 0.6 is 0 Å². The van der Waals surface area contributed by atoms with Gasteiger partial charge in [-0.2, -0.15) is 0 Å². The number of nitrogens with zero attached hydrogens (tertiary/aromatic N) is 10. The van der Waals surface area contributed by atoms with Crippen LogP contribution in [0.3, 0.4) is 0 Å². The zero-order valence-electron chi connectivity index (χ0n) is 48.2. The molecular weight excluding hydrogens is 1100 g/mol. The Balaban J connectivity index is 1.15. The second-order valence-corrected chi connectivity index (χ2v) is 21.0. The fraction of sp³-hybridized carbons (Fsp3) is 0.0556. The van der Waals surface area contributed by atoms with E-state index in [2.05, 4.69) is 29.9 Å². The molecule has 2 aliphatic heterocycles. The molecule has 7 aromatic heterocycles. The summed E-state index contributed by atoms with van der Waals surface area (Å²) in [7, 11) is 6.98. The maximum atomic E-state index is 14.4. The highest BCUT2D eigenvalue weighted by molar-refractivity contribution is 6.13. The van der Waals surface area contributed by atoms with Gasteiger partial charge in [-0.05, 0) is 121 Å². The summed E-state index contributed by atoms with van der Waals surface area (Å²) >= 11 is 0. The number of pyridine rings is 4. The van der Waals surface area contributed by atoms with Gasteiger partial charge in [0, 0.05) is 144 Å². The second-order valence-electron chi connectivity index (χ2n) is 21.0. The highest BCUT2D eigenvalue weighted by atomic mass is 16.2. The van der Waals surface area contributed by atoms with Crippen LogP contribution in [0, 0.1) is 0 Å². The Morgan fingerprint density at radius 3 is 0.739 bits per heavy atom. The summed E-state index contributed by atoms with van der Waals surface area (Å²) in [5.41, 5.74) is 14.3. The van der Waals surface area contributed by atoms with Gasteiger partial charge < -0.3 is 29.6 Å². The molecule has 2 N–H and O–H groups in total. The molecule has 16 nitrogen and oxygen atoms in total. The first-order chi connectivity index (χ1) is 43.0. The highest BCUT2D eigenvalue weighted by Crippen LogP contribution is 2.45. The minimum absolute atomic E-state index is 0.266. The monoisotopic (exact) mass is 1150 g/mol. The third kappa shape index (κ3) is 10.3. The SMILES string of the molecule is CN(C(=O)c1cccnc1)c1ccccc1-c1c2nc(c(-c3ccccc3N(C)C(=O)c3cccnc3)c3ccc([nH]3)c(-c3ccccc3N(C)C(=O)c3cccnc3)c3nc(c(-c4ccccc4N(C)C(=O)c4cccnc4)c4ccc1[nH]4)C=C3)C=C2. The Hall–Kier alpha value is -12.0. The van der Waals surface area contributed by atoms with Gasteiger partial charge >= 0.3 is 0 Å². The summed E-state index contributed by atoms with van der Waals surface area (Å²) in [5.74, 6) is -1.06. The van der Waals surface area contributed by atoms with Gasteiger partial charge in [-0.1, -0.05) is 72.8 Å². The van der Waals surface area contributed by atoms with E-state index in [4.69, 9.17) is 9.97 Å². The van der Waals surface area contributed by atoms with Crippen LogP contribution in [0.5, 0.6) is 0 Å². The maximum absolute atomic E-state index is 14.4. The summed E-state index contributed by atoms with van der Waals surface area (Å²) in [6.45, 7) is 0. The third-order valence-electron chi connectivity index (χ3n) is 15.7. The first kappa shape index (κ1) is 55.2. The number of rotatable bonds is 12. The number of carbonyl (C=O) groups excluding carboxylic acids is 4. The maximum Gasteiger partial charge on any atom is 0.259 e. The smallest absolute Gasteiger partial charge is 0.259 e. The van der Waals surface area contributed by atoms with Gasteiger partial charge in [-0.15, -0.1) is 0 Å². The number of nitrogens with one attached hydrogen (secondary N) is 2. The summed E-state index contributed by atoms with van der Waals surface area (Å²) in [5, 5.41) is 0. The molecule has 0 aliphatic carbocycles. The van der Waals surface area contributed by atoms with E-state index < -0.39 is 0 Å². The zero-order chi connectivity index (χ0) is 60.4. The summed E-state index contributed by atoms with van der Waals surface area (Å²) in [6, 6.07) is 52.7. The number of amides is 4. The summed E-state index contributed by atoms with van der Waals surface area (Å²) in [6.07, 6.45) is 20.6. The highest BCUT2D eigenvalue weighted by Gasteiger charge is 2.28. The number of benzene rings is 4. The molecule has 0 radical (unpaired) electrons. The normalized spacial score (nSPS) is 11.5. The average Bonchev–Trinajstić information content (AvgIpc) is 2.76. The fourth-order valence-corrected chi connectivity index (χ4v) is 11.4. The Bertz CT molecular complexity index is 4200. The molecule has 4 amide bonds. The number of hydrogen-bond donors (Lipinski definition) is 2. The van der Waals surface area contributed by atoms with E-state index in [1.807, 2.05) is 146 Å². The van der Waals surface area contributed by atoms with Crippen molar-refractivity contribution in [3.8, 4) is 44.5 Å². The van der Waals surface area contributed by atoms with Crippen molar-refractivity contribution in [3.05, 3.63) is 264 Å². The molecule has 9 heterocycles. The van der Waals surface area contributed by atoms with Crippen molar-refractivity contribution in [2.75, 3.05) is 47.8 Å². The predicted molar refractivity (Wildman–Crippen MR) is 348 cm³/mol. The van der Waals surface area contributed by atoms with Gasteiger partial charge in [0.15, 0.2) is 0 Å². The zero-order valence-corrected chi connectivity index (χ0v) is 48.2. The van der Waals surface area contributed by atoms with E-state index in [-0.39, 0.29) is 23.6 Å². The van der Waals surface area contributed by atoms with Crippen LogP contribution in [0.15, 0.2) is 219 Å². The number of aromatic amines is 2. The van der Waals surface area contributed by atoms with E-state index >= 15 is 0 Å². The molecule has 2 aliphatic rings. The fourth-order valence-electron chi connectivity index (χ4n) is 11.4. The lowest BCUT2D eigenvalue weighted by Crippen LogP contribution is -2.26. The van der Waals surface area contributed by atoms with Crippen LogP contribution in [-0.4, -0.2) is 91.7 Å². The van der Waals surface area contributed by atoms with Crippen molar-refractivity contribution in [2.45, 2.75) is 0 Å². The van der Waals surface area contributed by atoms with Gasteiger partial charge in [0.1, 0.15) is 0 Å². The van der Waals surface area contributed by atoms with Crippen LogP contribution in [0.4, 0.5) is 22.7 Å². The van der Waals surface area contributed by atoms with Gasteiger partial charge in [-0.3, -0.25) is 39.1 Å². The van der Waals surface area contributed by atoms with E-state index in [9.17, 15) is 19.2 Å². The molecule has 8 bridgehead atoms. The van der Waals surface area contributed by atoms with E-state index in [0.29, 0.717) is 134 Å². The topological polar surface area (TPSA) is 190 Å². The molecule has 0 saturated heterocycles. The predicted octanol–water partition coefficient (Wildman–Crippen LogP) is 14.0. The van der Waals surface area contributed by atoms with E-state index in [1.54, 1.807) is 146 Å². The molecule has 88 heavy (non-hydrogen) atoms. The molecule has 16 heteroatoms. The van der Waals surface area contributed by atoms with Gasteiger partial charge in [-0.25, -0.2) is 9.97 Å². The average molecular weight is 1150 g/mol. The Kier molecular flexibility index (Phi) is 14.8. The number of hydrogen-bond acceptors (Lipinski definition) is 10. The van der Waals surface area contributed by atoms with Crippen LogP contribution in [-0.2, 0) is 0 Å². The van der Waals surface area contributed by atoms with E-state index in [1.165, 1.54) is 0 Å². The molecule has 0 saturated carbocycles. The minimum atomic E-state index is -0.266. The number of aromatic nitrogens is 8. The summed E-state index contributed by atoms with van der Waals surface area (Å²) in [4.78, 5) is 100. The molecular formula is C72H54N12O4. The van der Waals surface area contributed by atoms with Crippen LogP contribution in [0.25, 0.3) is 90.9 Å². The lowest BCUT2D eigenvalue weighted by Gasteiger charge is -2.22. The Morgan fingerprint density at radius 2 is 0.523 bits per heavy atom. The molecule has 0 atom stereocenters. The molecule has 426 valence electrons. The van der Waals surface area contributed by atoms with Crippen molar-refractivity contribution in [1.29, 1.82) is 0 Å². The Morgan fingerprint density at radius 1 is 0.295 bits per heavy atom. The molecule has 0 spiro atoms. The van der Waals surface area contributed by atoms with Gasteiger partial charge in [0.05, 0.1) is 67.8 Å². The molecule has 11 aromatic rings. The Labute approximate surface area is 506 Å². The number of H-pyrrole nitrogens is 2. The number of carbonyl (C=O) groups is 4. The molecule has 0 fully saturated rings. The minimum Gasteiger partial charge on any atom is -0.354 e. The third-order valence-corrected chi connectivity index (χ3v) is 15.7. The lowest BCUT2D eigenvalue weighted by molar-refractivity contribution is 0.0985.